The molecule has 0 bridgehead atoms. The predicted molar refractivity (Wildman–Crippen MR) is 61.6 cm³/mol. The van der Waals surface area contributed by atoms with Crippen LogP contribution >= 0.6 is 0 Å². The highest BCUT2D eigenvalue weighted by molar-refractivity contribution is 5.26. The zero-order valence-corrected chi connectivity index (χ0v) is 9.21. The van der Waals surface area contributed by atoms with Gasteiger partial charge in [0.1, 0.15) is 5.82 Å². The van der Waals surface area contributed by atoms with Gasteiger partial charge in [0.15, 0.2) is 0 Å². The molecule has 1 heterocycles. The molecule has 0 saturated heterocycles. The summed E-state index contributed by atoms with van der Waals surface area (Å²) in [4.78, 5) is 27.3. The van der Waals surface area contributed by atoms with E-state index in [9.17, 15) is 14.0 Å². The van der Waals surface area contributed by atoms with Gasteiger partial charge in [-0.2, -0.15) is 0 Å². The van der Waals surface area contributed by atoms with Crippen LogP contribution in [-0.2, 0) is 6.42 Å². The number of aromatic nitrogens is 2. The lowest BCUT2D eigenvalue weighted by Crippen LogP contribution is -2.27. The van der Waals surface area contributed by atoms with Crippen molar-refractivity contribution in [3.05, 3.63) is 67.7 Å². The van der Waals surface area contributed by atoms with Crippen LogP contribution in [0.3, 0.4) is 0 Å². The number of rotatable bonds is 2. The van der Waals surface area contributed by atoms with Crippen LogP contribution in [-0.4, -0.2) is 9.97 Å². The van der Waals surface area contributed by atoms with Gasteiger partial charge in [0.2, 0.25) is 0 Å². The molecule has 0 aliphatic heterocycles. The minimum atomic E-state index is -0.518. The lowest BCUT2D eigenvalue weighted by atomic mass is 10.1. The highest BCUT2D eigenvalue weighted by Gasteiger charge is 2.06. The molecule has 0 aliphatic carbocycles. The lowest BCUT2D eigenvalue weighted by molar-refractivity contribution is 0.627. The van der Waals surface area contributed by atoms with Gasteiger partial charge in [-0.1, -0.05) is 12.1 Å². The van der Waals surface area contributed by atoms with E-state index >= 15 is 0 Å². The molecule has 2 N–H and O–H groups in total. The molecule has 1 aromatic carbocycles. The van der Waals surface area contributed by atoms with E-state index in [-0.39, 0.29) is 5.82 Å². The molecule has 1 aromatic heterocycles. The van der Waals surface area contributed by atoms with Crippen LogP contribution < -0.4 is 11.2 Å². The summed E-state index contributed by atoms with van der Waals surface area (Å²) in [5, 5.41) is 0. The normalized spacial score (nSPS) is 10.5. The number of hydrogen-bond donors (Lipinski definition) is 2. The molecule has 0 spiro atoms. The Morgan fingerprint density at radius 1 is 1.12 bits per heavy atom. The Bertz CT molecular complexity index is 641. The number of aromatic amines is 2. The first-order valence-corrected chi connectivity index (χ1v) is 5.13. The Morgan fingerprint density at radius 2 is 1.76 bits per heavy atom. The summed E-state index contributed by atoms with van der Waals surface area (Å²) < 4.78 is 12.7. The van der Waals surface area contributed by atoms with Gasteiger partial charge < -0.3 is 4.98 Å². The summed E-state index contributed by atoms with van der Waals surface area (Å²) in [7, 11) is 0. The van der Waals surface area contributed by atoms with Crippen LogP contribution in [0.15, 0.2) is 33.9 Å². The Balaban J connectivity index is 2.40. The van der Waals surface area contributed by atoms with E-state index in [0.717, 1.165) is 5.56 Å². The van der Waals surface area contributed by atoms with Crippen LogP contribution in [0, 0.1) is 12.7 Å². The third-order valence-corrected chi connectivity index (χ3v) is 2.55. The number of benzene rings is 1. The first-order valence-electron chi connectivity index (χ1n) is 5.13. The van der Waals surface area contributed by atoms with E-state index in [1.54, 1.807) is 19.1 Å². The second-order valence-electron chi connectivity index (χ2n) is 3.82. The molecular formula is C12H11FN2O2. The molecule has 5 heteroatoms. The third kappa shape index (κ3) is 2.50. The first kappa shape index (κ1) is 11.3. The maximum Gasteiger partial charge on any atom is 0.325 e. The van der Waals surface area contributed by atoms with Crippen molar-refractivity contribution in [2.45, 2.75) is 13.3 Å². The lowest BCUT2D eigenvalue weighted by Gasteiger charge is -2.04. The summed E-state index contributed by atoms with van der Waals surface area (Å²) in [6.45, 7) is 1.66. The molecule has 0 atom stereocenters. The van der Waals surface area contributed by atoms with E-state index in [2.05, 4.69) is 9.97 Å². The van der Waals surface area contributed by atoms with Crippen molar-refractivity contribution < 1.29 is 4.39 Å². The second-order valence-corrected chi connectivity index (χ2v) is 3.82. The van der Waals surface area contributed by atoms with Crippen LogP contribution in [0.2, 0.25) is 0 Å². The summed E-state index contributed by atoms with van der Waals surface area (Å²) in [6.07, 6.45) is 0.359. The fourth-order valence-corrected chi connectivity index (χ4v) is 1.65. The number of halogens is 1. The average Bonchev–Trinajstić information content (AvgIpc) is 2.26. The van der Waals surface area contributed by atoms with Crippen LogP contribution in [0.5, 0.6) is 0 Å². The van der Waals surface area contributed by atoms with E-state index in [1.165, 1.54) is 12.1 Å². The second kappa shape index (κ2) is 4.37. The summed E-state index contributed by atoms with van der Waals surface area (Å²) in [6, 6.07) is 5.90. The zero-order chi connectivity index (χ0) is 12.4. The van der Waals surface area contributed by atoms with E-state index in [1.807, 2.05) is 0 Å². The standard InChI is InChI=1S/C12H11FN2O2/c1-7-10(11(16)15-12(17)14-7)6-8-2-4-9(13)5-3-8/h2-5H,6H2,1H3,(H2,14,15,16,17). The van der Waals surface area contributed by atoms with Gasteiger partial charge in [-0.05, 0) is 24.6 Å². The van der Waals surface area contributed by atoms with Crippen molar-refractivity contribution >= 4 is 0 Å². The molecule has 17 heavy (non-hydrogen) atoms. The van der Waals surface area contributed by atoms with Crippen LogP contribution in [0.25, 0.3) is 0 Å². The number of H-pyrrole nitrogens is 2. The quantitative estimate of drug-likeness (QED) is 0.817. The number of aryl methyl sites for hydroxylation is 1. The van der Waals surface area contributed by atoms with Crippen LogP contribution in [0.4, 0.5) is 4.39 Å². The van der Waals surface area contributed by atoms with Crippen molar-refractivity contribution in [3.8, 4) is 0 Å². The molecule has 2 rings (SSSR count). The van der Waals surface area contributed by atoms with Gasteiger partial charge in [0.25, 0.3) is 5.56 Å². The van der Waals surface area contributed by atoms with Crippen LogP contribution in [0.1, 0.15) is 16.8 Å². The fraction of sp³-hybridized carbons (Fsp3) is 0.167. The predicted octanol–water partition coefficient (Wildman–Crippen LogP) is 1.10. The molecule has 88 valence electrons. The highest BCUT2D eigenvalue weighted by Crippen LogP contribution is 2.08. The Labute approximate surface area is 96.1 Å². The average molecular weight is 234 g/mol. The number of nitrogens with one attached hydrogen (secondary N) is 2. The van der Waals surface area contributed by atoms with E-state index < -0.39 is 11.2 Å². The van der Waals surface area contributed by atoms with E-state index in [4.69, 9.17) is 0 Å². The van der Waals surface area contributed by atoms with Crippen molar-refractivity contribution in [3.63, 3.8) is 0 Å². The third-order valence-electron chi connectivity index (χ3n) is 2.55. The number of hydrogen-bond acceptors (Lipinski definition) is 2. The smallest absolute Gasteiger partial charge is 0.311 e. The minimum Gasteiger partial charge on any atom is -0.311 e. The highest BCUT2D eigenvalue weighted by atomic mass is 19.1. The molecule has 0 radical (unpaired) electrons. The fourth-order valence-electron chi connectivity index (χ4n) is 1.65. The maximum absolute atomic E-state index is 12.7. The Kier molecular flexibility index (Phi) is 2.91. The van der Waals surface area contributed by atoms with Gasteiger partial charge >= 0.3 is 5.69 Å². The van der Waals surface area contributed by atoms with Gasteiger partial charge in [-0.25, -0.2) is 9.18 Å². The van der Waals surface area contributed by atoms with Crippen molar-refractivity contribution in [2.75, 3.05) is 0 Å². The Hall–Kier alpha value is -2.17. The van der Waals surface area contributed by atoms with Crippen molar-refractivity contribution in [2.24, 2.45) is 0 Å². The largest absolute Gasteiger partial charge is 0.325 e. The molecular weight excluding hydrogens is 223 g/mol. The molecule has 2 aromatic rings. The topological polar surface area (TPSA) is 65.7 Å². The summed E-state index contributed by atoms with van der Waals surface area (Å²) >= 11 is 0. The van der Waals surface area contributed by atoms with Gasteiger partial charge in [-0.3, -0.25) is 9.78 Å². The Morgan fingerprint density at radius 3 is 2.35 bits per heavy atom. The molecule has 0 saturated carbocycles. The van der Waals surface area contributed by atoms with Crippen molar-refractivity contribution in [1.29, 1.82) is 0 Å². The van der Waals surface area contributed by atoms with E-state index in [0.29, 0.717) is 17.7 Å². The minimum absolute atomic E-state index is 0.319. The van der Waals surface area contributed by atoms with Gasteiger partial charge in [0, 0.05) is 17.7 Å². The van der Waals surface area contributed by atoms with Crippen molar-refractivity contribution in [1.82, 2.24) is 9.97 Å². The van der Waals surface area contributed by atoms with Gasteiger partial charge in [0.05, 0.1) is 0 Å². The summed E-state index contributed by atoms with van der Waals surface area (Å²) in [5.41, 5.74) is 0.900. The molecule has 0 fully saturated rings. The monoisotopic (exact) mass is 234 g/mol. The molecule has 0 amide bonds. The SMILES string of the molecule is Cc1[nH]c(=O)[nH]c(=O)c1Cc1ccc(F)cc1. The zero-order valence-electron chi connectivity index (χ0n) is 9.21. The first-order chi connectivity index (χ1) is 8.06. The molecule has 0 unspecified atom stereocenters. The molecule has 4 nitrogen and oxygen atoms in total. The maximum atomic E-state index is 12.7. The van der Waals surface area contributed by atoms with Gasteiger partial charge in [-0.15, -0.1) is 0 Å². The molecule has 0 aliphatic rings. The summed E-state index contributed by atoms with van der Waals surface area (Å²) in [5.74, 6) is -0.319.